The summed E-state index contributed by atoms with van der Waals surface area (Å²) in [6.07, 6.45) is 0. The average molecular weight is 113 g/mol. The molecular formula is C3H3N3O2. The van der Waals surface area contributed by atoms with Gasteiger partial charge in [0, 0.05) is 0 Å². The molecule has 0 aromatic rings. The van der Waals surface area contributed by atoms with E-state index in [-0.39, 0.29) is 5.96 Å². The maximum atomic E-state index is 9.77. The topological polar surface area (TPSA) is 67.5 Å². The Labute approximate surface area is 45.6 Å². The van der Waals surface area contributed by atoms with Crippen molar-refractivity contribution in [3.8, 4) is 0 Å². The number of aliphatic imine (C=N–C) groups is 1. The summed E-state index contributed by atoms with van der Waals surface area (Å²) in [6.45, 7) is 2.73. The first-order valence-corrected chi connectivity index (χ1v) is 1.99. The summed E-state index contributed by atoms with van der Waals surface area (Å²) in [5, 5.41) is 12.2. The lowest BCUT2D eigenvalue weighted by atomic mass is 10.7. The van der Waals surface area contributed by atoms with Gasteiger partial charge in [-0.15, -0.1) is 0 Å². The van der Waals surface area contributed by atoms with Crippen LogP contribution in [0, 0.1) is 16.7 Å². The van der Waals surface area contributed by atoms with Crippen molar-refractivity contribution in [2.45, 2.75) is 0 Å². The predicted molar refractivity (Wildman–Crippen MR) is 25.7 cm³/mol. The van der Waals surface area contributed by atoms with Crippen molar-refractivity contribution >= 4 is 5.96 Å². The van der Waals surface area contributed by atoms with Crippen LogP contribution in [0.5, 0.6) is 0 Å². The fourth-order valence-corrected chi connectivity index (χ4v) is 0.378. The Kier molecular flexibility index (Phi) is 1.11. The van der Waals surface area contributed by atoms with E-state index < -0.39 is 4.92 Å². The first kappa shape index (κ1) is 5.02. The van der Waals surface area contributed by atoms with Gasteiger partial charge >= 0.3 is 5.96 Å². The second kappa shape index (κ2) is 1.77. The average Bonchev–Trinajstić information content (AvgIpc) is 2.12. The van der Waals surface area contributed by atoms with Gasteiger partial charge in [0.15, 0.2) is 0 Å². The third-order valence-corrected chi connectivity index (χ3v) is 0.683. The standard InChI is InChI=1S/C3H3N3O2/c7-6(8)3-4-1-2-5-3/h4H,1H2. The summed E-state index contributed by atoms with van der Waals surface area (Å²) in [4.78, 5) is 12.5. The van der Waals surface area contributed by atoms with Gasteiger partial charge in [-0.05, 0) is 4.92 Å². The van der Waals surface area contributed by atoms with Crippen LogP contribution in [-0.2, 0) is 0 Å². The van der Waals surface area contributed by atoms with Crippen LogP contribution < -0.4 is 5.32 Å². The van der Waals surface area contributed by atoms with Crippen molar-refractivity contribution in [2.75, 3.05) is 6.54 Å². The molecular weight excluding hydrogens is 110 g/mol. The zero-order valence-electron chi connectivity index (χ0n) is 3.92. The highest BCUT2D eigenvalue weighted by Crippen LogP contribution is 1.88. The molecule has 0 aromatic carbocycles. The van der Waals surface area contributed by atoms with Gasteiger partial charge in [-0.1, -0.05) is 4.99 Å². The van der Waals surface area contributed by atoms with Crippen LogP contribution in [0.4, 0.5) is 0 Å². The number of guanidine groups is 1. The third kappa shape index (κ3) is 0.749. The number of nitro groups is 1. The lowest BCUT2D eigenvalue weighted by Crippen LogP contribution is -2.25. The molecule has 0 unspecified atom stereocenters. The molecule has 1 heterocycles. The van der Waals surface area contributed by atoms with Gasteiger partial charge in [0.1, 0.15) is 6.54 Å². The molecule has 2 radical (unpaired) electrons. The Bertz CT molecular complexity index is 141. The van der Waals surface area contributed by atoms with Gasteiger partial charge in [-0.25, -0.2) is 0 Å². The molecule has 0 spiro atoms. The molecule has 1 N–H and O–H groups in total. The Balaban J connectivity index is 2.57. The Morgan fingerprint density at radius 1 is 2.00 bits per heavy atom. The van der Waals surface area contributed by atoms with E-state index in [2.05, 4.69) is 16.9 Å². The minimum atomic E-state index is -0.583. The second-order valence-corrected chi connectivity index (χ2v) is 1.20. The van der Waals surface area contributed by atoms with Gasteiger partial charge in [-0.2, -0.15) is 0 Å². The van der Waals surface area contributed by atoms with E-state index in [1.54, 1.807) is 0 Å². The van der Waals surface area contributed by atoms with Gasteiger partial charge in [0.2, 0.25) is 6.54 Å². The molecule has 0 bridgehead atoms. The molecule has 0 saturated heterocycles. The molecule has 1 aliphatic heterocycles. The summed E-state index contributed by atoms with van der Waals surface area (Å²) in [5.74, 6) is -0.218. The predicted octanol–water partition coefficient (Wildman–Crippen LogP) is -0.739. The molecule has 5 nitrogen and oxygen atoms in total. The Hall–Kier alpha value is -1.13. The largest absolute Gasteiger partial charge is 0.423 e. The Morgan fingerprint density at radius 2 is 2.75 bits per heavy atom. The van der Waals surface area contributed by atoms with Gasteiger partial charge in [-0.3, -0.25) is 5.32 Å². The van der Waals surface area contributed by atoms with Gasteiger partial charge < -0.3 is 10.1 Å². The number of hydrogen-bond acceptors (Lipinski definition) is 4. The van der Waals surface area contributed by atoms with E-state index in [4.69, 9.17) is 0 Å². The monoisotopic (exact) mass is 113 g/mol. The smallest absolute Gasteiger partial charge is 0.390 e. The first-order valence-electron chi connectivity index (χ1n) is 1.99. The lowest BCUT2D eigenvalue weighted by Gasteiger charge is -1.90. The molecule has 0 aliphatic carbocycles. The van der Waals surface area contributed by atoms with E-state index in [9.17, 15) is 10.1 Å². The van der Waals surface area contributed by atoms with Crippen LogP contribution in [0.3, 0.4) is 0 Å². The van der Waals surface area contributed by atoms with Crippen LogP contribution in [0.15, 0.2) is 4.99 Å². The van der Waals surface area contributed by atoms with E-state index in [1.807, 2.05) is 0 Å². The van der Waals surface area contributed by atoms with Crippen molar-refractivity contribution in [2.24, 2.45) is 4.99 Å². The highest BCUT2D eigenvalue weighted by Gasteiger charge is 2.16. The quantitative estimate of drug-likeness (QED) is 0.332. The maximum Gasteiger partial charge on any atom is 0.423 e. The van der Waals surface area contributed by atoms with Crippen LogP contribution in [-0.4, -0.2) is 17.4 Å². The molecule has 0 amide bonds. The maximum absolute atomic E-state index is 9.77. The zero-order chi connectivity index (χ0) is 5.98. The molecule has 0 saturated carbocycles. The molecule has 0 aromatic heterocycles. The minimum absolute atomic E-state index is 0.218. The summed E-state index contributed by atoms with van der Waals surface area (Å²) in [5.41, 5.74) is 0. The van der Waals surface area contributed by atoms with Crippen LogP contribution in [0.1, 0.15) is 0 Å². The van der Waals surface area contributed by atoms with Crippen molar-refractivity contribution in [1.29, 1.82) is 0 Å². The lowest BCUT2D eigenvalue weighted by molar-refractivity contribution is -0.354. The molecule has 1 aliphatic rings. The molecule has 5 heteroatoms. The highest BCUT2D eigenvalue weighted by atomic mass is 16.6. The SMILES string of the molecule is O=[N+]([O-])C1=N[C]CN1. The van der Waals surface area contributed by atoms with E-state index in [1.165, 1.54) is 0 Å². The molecule has 1 rings (SSSR count). The number of nitrogens with one attached hydrogen (secondary N) is 1. The van der Waals surface area contributed by atoms with Gasteiger partial charge in [0.05, 0.1) is 0 Å². The van der Waals surface area contributed by atoms with Crippen molar-refractivity contribution in [3.63, 3.8) is 0 Å². The zero-order valence-corrected chi connectivity index (χ0v) is 3.92. The molecule has 0 fully saturated rings. The Morgan fingerprint density at radius 3 is 3.00 bits per heavy atom. The highest BCUT2D eigenvalue weighted by molar-refractivity contribution is 5.73. The van der Waals surface area contributed by atoms with Crippen LogP contribution >= 0.6 is 0 Å². The van der Waals surface area contributed by atoms with Crippen molar-refractivity contribution in [1.82, 2.24) is 5.32 Å². The summed E-state index contributed by atoms with van der Waals surface area (Å²) >= 11 is 0. The molecule has 8 heavy (non-hydrogen) atoms. The van der Waals surface area contributed by atoms with Crippen LogP contribution in [0.25, 0.3) is 0 Å². The van der Waals surface area contributed by atoms with E-state index in [0.717, 1.165) is 0 Å². The van der Waals surface area contributed by atoms with Crippen molar-refractivity contribution < 1.29 is 4.92 Å². The van der Waals surface area contributed by atoms with E-state index in [0.29, 0.717) is 6.54 Å². The molecule has 0 atom stereocenters. The summed E-state index contributed by atoms with van der Waals surface area (Å²) in [6, 6.07) is 0. The third-order valence-electron chi connectivity index (χ3n) is 0.683. The number of rotatable bonds is 0. The normalized spacial score (nSPS) is 17.2. The van der Waals surface area contributed by atoms with Crippen molar-refractivity contribution in [3.05, 3.63) is 16.7 Å². The van der Waals surface area contributed by atoms with Crippen LogP contribution in [0.2, 0.25) is 0 Å². The minimum Gasteiger partial charge on any atom is -0.390 e. The summed E-state index contributed by atoms with van der Waals surface area (Å²) < 4.78 is 0. The second-order valence-electron chi connectivity index (χ2n) is 1.20. The summed E-state index contributed by atoms with van der Waals surface area (Å²) in [7, 11) is 0. The molecule has 42 valence electrons. The number of hydrogen-bond donors (Lipinski definition) is 1. The first-order chi connectivity index (χ1) is 3.80. The fourth-order valence-electron chi connectivity index (χ4n) is 0.378. The number of nitrogens with zero attached hydrogens (tertiary/aromatic N) is 2. The van der Waals surface area contributed by atoms with Gasteiger partial charge in [0.25, 0.3) is 0 Å². The fraction of sp³-hybridized carbons (Fsp3) is 0.333. The van der Waals surface area contributed by atoms with E-state index >= 15 is 0 Å².